The number of carbonyl (C=O) groups excluding carboxylic acids is 1. The molecule has 0 bridgehead atoms. The first-order valence-electron chi connectivity index (χ1n) is 4.16. The smallest absolute Gasteiger partial charge is 0.194 e. The van der Waals surface area contributed by atoms with E-state index in [1.165, 1.54) is 6.20 Å². The molecule has 1 rings (SSSR count). The number of H-pyrrole nitrogens is 1. The minimum absolute atomic E-state index is 0.0956. The third kappa shape index (κ3) is 3.52. The van der Waals surface area contributed by atoms with Crippen LogP contribution in [0.1, 0.15) is 36.6 Å². The normalized spacial score (nSPS) is 8.15. The van der Waals surface area contributed by atoms with Crippen molar-refractivity contribution in [3.05, 3.63) is 17.7 Å². The van der Waals surface area contributed by atoms with Gasteiger partial charge in [0.15, 0.2) is 5.78 Å². The van der Waals surface area contributed by atoms with Gasteiger partial charge in [0.05, 0.1) is 12.3 Å². The van der Waals surface area contributed by atoms with Crippen LogP contribution < -0.4 is 0 Å². The summed E-state index contributed by atoms with van der Waals surface area (Å²) in [4.78, 5) is 17.5. The molecule has 0 spiro atoms. The molecule has 0 unspecified atom stereocenters. The van der Waals surface area contributed by atoms with Gasteiger partial charge in [0.1, 0.15) is 17.9 Å². The van der Waals surface area contributed by atoms with E-state index in [9.17, 15) is 4.79 Å². The number of aryl methyl sites for hydroxylation is 1. The molecule has 1 aromatic rings. The molecule has 0 aromatic carbocycles. The molecular formula is C9H13N3O. The van der Waals surface area contributed by atoms with E-state index in [0.717, 1.165) is 0 Å². The van der Waals surface area contributed by atoms with Crippen molar-refractivity contribution in [1.82, 2.24) is 9.97 Å². The van der Waals surface area contributed by atoms with Gasteiger partial charge in [-0.25, -0.2) is 4.98 Å². The van der Waals surface area contributed by atoms with Crippen molar-refractivity contribution in [2.45, 2.75) is 27.2 Å². The van der Waals surface area contributed by atoms with Crippen LogP contribution in [0.15, 0.2) is 6.20 Å². The van der Waals surface area contributed by atoms with Gasteiger partial charge in [-0.2, -0.15) is 5.26 Å². The van der Waals surface area contributed by atoms with Crippen LogP contribution in [-0.2, 0) is 0 Å². The lowest BCUT2D eigenvalue weighted by Crippen LogP contribution is -1.96. The number of imidazole rings is 1. The summed E-state index contributed by atoms with van der Waals surface area (Å²) in [7, 11) is 0. The summed E-state index contributed by atoms with van der Waals surface area (Å²) in [6.45, 7) is 5.75. The van der Waals surface area contributed by atoms with Gasteiger partial charge in [-0.15, -0.1) is 0 Å². The monoisotopic (exact) mass is 179 g/mol. The zero-order chi connectivity index (χ0) is 10.3. The fourth-order valence-electron chi connectivity index (χ4n) is 0.730. The summed E-state index contributed by atoms with van der Waals surface area (Å²) < 4.78 is 0. The van der Waals surface area contributed by atoms with Crippen LogP contribution in [0.25, 0.3) is 0 Å². The number of ketones is 1. The Morgan fingerprint density at radius 3 is 2.69 bits per heavy atom. The highest BCUT2D eigenvalue weighted by Crippen LogP contribution is 1.98. The number of aromatic amines is 1. The molecule has 70 valence electrons. The number of nitrogens with zero attached hydrogens (tertiary/aromatic N) is 2. The van der Waals surface area contributed by atoms with Gasteiger partial charge in [-0.05, 0) is 6.92 Å². The van der Waals surface area contributed by atoms with Gasteiger partial charge >= 0.3 is 0 Å². The molecule has 0 aliphatic heterocycles. The van der Waals surface area contributed by atoms with Crippen LogP contribution in [-0.4, -0.2) is 15.8 Å². The number of rotatable bonds is 2. The SMILES string of the molecule is CC.Cc1ncc(C(=O)CC#N)[nH]1. The number of nitrogens with one attached hydrogen (secondary N) is 1. The lowest BCUT2D eigenvalue weighted by atomic mass is 10.2. The minimum atomic E-state index is -0.215. The number of aromatic nitrogens is 2. The number of carbonyl (C=O) groups is 1. The Morgan fingerprint density at radius 2 is 2.31 bits per heavy atom. The van der Waals surface area contributed by atoms with E-state index in [1.807, 2.05) is 13.8 Å². The quantitative estimate of drug-likeness (QED) is 0.704. The van der Waals surface area contributed by atoms with Crippen molar-refractivity contribution in [2.75, 3.05) is 0 Å². The van der Waals surface area contributed by atoms with Crippen LogP contribution in [0.5, 0.6) is 0 Å². The van der Waals surface area contributed by atoms with E-state index in [2.05, 4.69) is 9.97 Å². The summed E-state index contributed by atoms with van der Waals surface area (Å²) in [6.07, 6.45) is 1.34. The van der Waals surface area contributed by atoms with Crippen LogP contribution in [0.4, 0.5) is 0 Å². The maximum absolute atomic E-state index is 11.0. The average Bonchev–Trinajstić information content (AvgIpc) is 2.56. The summed E-state index contributed by atoms with van der Waals surface area (Å²) in [5, 5.41) is 8.20. The molecular weight excluding hydrogens is 166 g/mol. The highest BCUT2D eigenvalue weighted by Gasteiger charge is 2.06. The van der Waals surface area contributed by atoms with Crippen molar-refractivity contribution >= 4 is 5.78 Å². The van der Waals surface area contributed by atoms with Crippen LogP contribution in [0, 0.1) is 18.3 Å². The lowest BCUT2D eigenvalue weighted by molar-refractivity contribution is 0.0993. The van der Waals surface area contributed by atoms with Crippen molar-refractivity contribution in [3.63, 3.8) is 0 Å². The topological polar surface area (TPSA) is 69.5 Å². The van der Waals surface area contributed by atoms with Gasteiger partial charge in [0, 0.05) is 0 Å². The molecule has 0 saturated heterocycles. The predicted molar refractivity (Wildman–Crippen MR) is 49.2 cm³/mol. The number of nitriles is 1. The van der Waals surface area contributed by atoms with E-state index in [-0.39, 0.29) is 12.2 Å². The van der Waals surface area contributed by atoms with E-state index in [4.69, 9.17) is 5.26 Å². The van der Waals surface area contributed by atoms with E-state index in [1.54, 1.807) is 13.0 Å². The Kier molecular flexibility index (Phi) is 5.20. The first kappa shape index (κ1) is 11.4. The van der Waals surface area contributed by atoms with Gasteiger partial charge in [-0.1, -0.05) is 13.8 Å². The van der Waals surface area contributed by atoms with E-state index < -0.39 is 0 Å². The van der Waals surface area contributed by atoms with Crippen molar-refractivity contribution in [3.8, 4) is 6.07 Å². The molecule has 0 aliphatic rings. The van der Waals surface area contributed by atoms with Gasteiger partial charge < -0.3 is 4.98 Å². The fraction of sp³-hybridized carbons (Fsp3) is 0.444. The molecule has 4 heteroatoms. The first-order valence-corrected chi connectivity index (χ1v) is 4.16. The van der Waals surface area contributed by atoms with Gasteiger partial charge in [-0.3, -0.25) is 4.79 Å². The summed E-state index contributed by atoms with van der Waals surface area (Å²) >= 11 is 0. The molecule has 1 N–H and O–H groups in total. The Morgan fingerprint density at radius 1 is 1.69 bits per heavy atom. The van der Waals surface area contributed by atoms with E-state index in [0.29, 0.717) is 11.5 Å². The van der Waals surface area contributed by atoms with E-state index >= 15 is 0 Å². The number of hydrogen-bond donors (Lipinski definition) is 1. The highest BCUT2D eigenvalue weighted by atomic mass is 16.1. The third-order valence-electron chi connectivity index (χ3n) is 1.24. The van der Waals surface area contributed by atoms with Gasteiger partial charge in [0.2, 0.25) is 0 Å². The third-order valence-corrected chi connectivity index (χ3v) is 1.24. The zero-order valence-electron chi connectivity index (χ0n) is 8.09. The molecule has 1 aromatic heterocycles. The second-order valence-electron chi connectivity index (χ2n) is 2.14. The molecule has 4 nitrogen and oxygen atoms in total. The largest absolute Gasteiger partial charge is 0.340 e. The Labute approximate surface area is 77.6 Å². The van der Waals surface area contributed by atoms with Crippen molar-refractivity contribution < 1.29 is 4.79 Å². The molecule has 0 saturated carbocycles. The molecule has 13 heavy (non-hydrogen) atoms. The van der Waals surface area contributed by atoms with Crippen molar-refractivity contribution in [1.29, 1.82) is 5.26 Å². The average molecular weight is 179 g/mol. The van der Waals surface area contributed by atoms with Crippen LogP contribution in [0.3, 0.4) is 0 Å². The number of hydrogen-bond acceptors (Lipinski definition) is 3. The molecule has 0 amide bonds. The fourth-order valence-corrected chi connectivity index (χ4v) is 0.730. The maximum atomic E-state index is 11.0. The lowest BCUT2D eigenvalue weighted by Gasteiger charge is -1.86. The predicted octanol–water partition coefficient (Wildman–Crippen LogP) is 1.84. The summed E-state index contributed by atoms with van der Waals surface area (Å²) in [5.41, 5.74) is 0.407. The molecule has 1 heterocycles. The zero-order valence-corrected chi connectivity index (χ0v) is 8.09. The summed E-state index contributed by atoms with van der Waals surface area (Å²) in [5.74, 6) is 0.472. The standard InChI is InChI=1S/C7H7N3O.C2H6/c1-5-9-4-6(10-5)7(11)2-3-8;1-2/h4H,2H2,1H3,(H,9,10);1-2H3. The molecule has 0 aliphatic carbocycles. The highest BCUT2D eigenvalue weighted by molar-refractivity contribution is 5.95. The first-order chi connectivity index (χ1) is 6.24. The van der Waals surface area contributed by atoms with Gasteiger partial charge in [0.25, 0.3) is 0 Å². The summed E-state index contributed by atoms with van der Waals surface area (Å²) in [6, 6.07) is 1.78. The van der Waals surface area contributed by atoms with Crippen LogP contribution in [0.2, 0.25) is 0 Å². The second-order valence-corrected chi connectivity index (χ2v) is 2.14. The number of Topliss-reactive ketones (excluding diaryl/α,β-unsaturated/α-hetero) is 1. The van der Waals surface area contributed by atoms with Crippen molar-refractivity contribution in [2.24, 2.45) is 0 Å². The minimum Gasteiger partial charge on any atom is -0.340 e. The molecule has 0 atom stereocenters. The second kappa shape index (κ2) is 5.95. The van der Waals surface area contributed by atoms with Crippen LogP contribution >= 0.6 is 0 Å². The Bertz CT molecular complexity index is 309. The Hall–Kier alpha value is -1.63. The Balaban J connectivity index is 0.000000671. The molecule has 0 fully saturated rings. The molecule has 0 radical (unpaired) electrons. The maximum Gasteiger partial charge on any atom is 0.194 e.